The molecule has 0 fully saturated rings. The van der Waals surface area contributed by atoms with Crippen molar-refractivity contribution in [1.29, 1.82) is 0 Å². The first-order valence-electron chi connectivity index (χ1n) is 6.10. The summed E-state index contributed by atoms with van der Waals surface area (Å²) in [6.45, 7) is 3.63. The van der Waals surface area contributed by atoms with E-state index in [-0.39, 0.29) is 10.7 Å². The first-order valence-corrected chi connectivity index (χ1v) is 7.54. The number of nitrogens with two attached hydrogens (primary N) is 1. The van der Waals surface area contributed by atoms with Gasteiger partial charge in [0, 0.05) is 14.1 Å². The van der Waals surface area contributed by atoms with Gasteiger partial charge in [-0.15, -0.1) is 0 Å². The third-order valence-electron chi connectivity index (χ3n) is 3.32. The number of aryl methyl sites for hydroxylation is 2. The molecule has 20 heavy (non-hydrogen) atoms. The van der Waals surface area contributed by atoms with Crippen molar-refractivity contribution in [2.75, 3.05) is 17.1 Å². The van der Waals surface area contributed by atoms with Gasteiger partial charge in [0.05, 0.1) is 11.4 Å². The molecule has 2 rings (SSSR count). The number of hydrogen-bond donors (Lipinski definition) is 1. The lowest BCUT2D eigenvalue weighted by molar-refractivity contribution is 0.593. The van der Waals surface area contributed by atoms with Gasteiger partial charge in [0.15, 0.2) is 10.7 Å². The van der Waals surface area contributed by atoms with E-state index in [1.165, 1.54) is 16.0 Å². The highest BCUT2D eigenvalue weighted by Crippen LogP contribution is 2.27. The normalized spacial score (nSPS) is 11.6. The van der Waals surface area contributed by atoms with Crippen molar-refractivity contribution in [3.63, 3.8) is 0 Å². The van der Waals surface area contributed by atoms with Gasteiger partial charge in [-0.1, -0.05) is 17.7 Å². The van der Waals surface area contributed by atoms with E-state index >= 15 is 0 Å². The van der Waals surface area contributed by atoms with Crippen molar-refractivity contribution in [1.82, 2.24) is 9.78 Å². The molecule has 0 radical (unpaired) electrons. The molecule has 0 unspecified atom stereocenters. The van der Waals surface area contributed by atoms with Crippen LogP contribution in [0.25, 0.3) is 0 Å². The fourth-order valence-electron chi connectivity index (χ4n) is 1.96. The number of nitrogen functional groups attached to an aromatic ring is 1. The summed E-state index contributed by atoms with van der Waals surface area (Å²) in [6, 6.07) is 7.24. The number of hydrogen-bond acceptors (Lipinski definition) is 4. The van der Waals surface area contributed by atoms with Gasteiger partial charge in [0.2, 0.25) is 0 Å². The zero-order valence-corrected chi connectivity index (χ0v) is 12.8. The Balaban J connectivity index is 2.52. The molecular formula is C13H18N4O2S. The summed E-state index contributed by atoms with van der Waals surface area (Å²) < 4.78 is 28.0. The molecule has 2 aromatic rings. The zero-order valence-electron chi connectivity index (χ0n) is 12.0. The number of aromatic nitrogens is 2. The first-order chi connectivity index (χ1) is 9.25. The highest BCUT2D eigenvalue weighted by atomic mass is 32.2. The van der Waals surface area contributed by atoms with E-state index < -0.39 is 10.0 Å². The van der Waals surface area contributed by atoms with Gasteiger partial charge in [-0.2, -0.15) is 5.10 Å². The van der Waals surface area contributed by atoms with Crippen LogP contribution in [0.2, 0.25) is 0 Å². The van der Waals surface area contributed by atoms with Crippen LogP contribution >= 0.6 is 0 Å². The van der Waals surface area contributed by atoms with E-state index in [2.05, 4.69) is 5.10 Å². The van der Waals surface area contributed by atoms with Gasteiger partial charge in [-0.3, -0.25) is 8.99 Å². The van der Waals surface area contributed by atoms with Crippen LogP contribution in [0.5, 0.6) is 0 Å². The number of benzene rings is 1. The molecule has 6 nitrogen and oxygen atoms in total. The highest BCUT2D eigenvalue weighted by Gasteiger charge is 2.29. The monoisotopic (exact) mass is 294 g/mol. The van der Waals surface area contributed by atoms with Crippen molar-refractivity contribution >= 4 is 21.5 Å². The molecule has 2 N–H and O–H groups in total. The largest absolute Gasteiger partial charge is 0.381 e. The van der Waals surface area contributed by atoms with Crippen LogP contribution in [0.1, 0.15) is 11.3 Å². The Morgan fingerprint density at radius 2 is 1.75 bits per heavy atom. The Labute approximate surface area is 118 Å². The van der Waals surface area contributed by atoms with E-state index in [4.69, 9.17) is 5.73 Å². The molecule has 0 aliphatic rings. The van der Waals surface area contributed by atoms with Crippen LogP contribution in [0.4, 0.5) is 11.5 Å². The Hall–Kier alpha value is -2.02. The first kappa shape index (κ1) is 14.4. The number of sulfonamides is 1. The van der Waals surface area contributed by atoms with Gasteiger partial charge in [-0.05, 0) is 26.0 Å². The topological polar surface area (TPSA) is 81.2 Å². The van der Waals surface area contributed by atoms with Crippen LogP contribution in [0.3, 0.4) is 0 Å². The standard InChI is InChI=1S/C13H18N4O2S/c1-9-5-7-11(8-6-9)17(4)20(18,19)12-10(2)16(3)15-13(12)14/h5-8H,1-4H3,(H2,14,15). The number of anilines is 2. The Morgan fingerprint density at radius 1 is 1.20 bits per heavy atom. The van der Waals surface area contributed by atoms with Crippen molar-refractivity contribution in [2.45, 2.75) is 18.7 Å². The van der Waals surface area contributed by atoms with Gasteiger partial charge in [0.25, 0.3) is 10.0 Å². The lowest BCUT2D eigenvalue weighted by Crippen LogP contribution is -2.27. The third-order valence-corrected chi connectivity index (χ3v) is 5.27. The van der Waals surface area contributed by atoms with E-state index in [1.54, 1.807) is 26.1 Å². The van der Waals surface area contributed by atoms with Gasteiger partial charge < -0.3 is 5.73 Å². The molecule has 0 bridgehead atoms. The van der Waals surface area contributed by atoms with E-state index in [0.29, 0.717) is 11.4 Å². The smallest absolute Gasteiger partial charge is 0.269 e. The molecule has 1 heterocycles. The average molecular weight is 294 g/mol. The van der Waals surface area contributed by atoms with E-state index in [1.807, 2.05) is 19.1 Å². The average Bonchev–Trinajstić information content (AvgIpc) is 2.63. The summed E-state index contributed by atoms with van der Waals surface area (Å²) in [5.41, 5.74) is 7.89. The van der Waals surface area contributed by atoms with Crippen molar-refractivity contribution in [3.8, 4) is 0 Å². The molecule has 0 amide bonds. The van der Waals surface area contributed by atoms with Gasteiger partial charge >= 0.3 is 0 Å². The highest BCUT2D eigenvalue weighted by molar-refractivity contribution is 7.93. The molecule has 0 saturated heterocycles. The third kappa shape index (κ3) is 2.24. The predicted octanol–water partition coefficient (Wildman–Crippen LogP) is 1.44. The molecule has 1 aromatic heterocycles. The van der Waals surface area contributed by atoms with Crippen LogP contribution in [-0.4, -0.2) is 25.2 Å². The van der Waals surface area contributed by atoms with Crippen molar-refractivity contribution in [3.05, 3.63) is 35.5 Å². The Morgan fingerprint density at radius 3 is 2.20 bits per heavy atom. The van der Waals surface area contributed by atoms with Crippen molar-refractivity contribution < 1.29 is 8.42 Å². The summed E-state index contributed by atoms with van der Waals surface area (Å²) in [4.78, 5) is 0.0584. The van der Waals surface area contributed by atoms with Crippen LogP contribution in [0, 0.1) is 13.8 Å². The SMILES string of the molecule is Cc1ccc(N(C)S(=O)(=O)c2c(N)nn(C)c2C)cc1. The molecular weight excluding hydrogens is 276 g/mol. The predicted molar refractivity (Wildman–Crippen MR) is 79.1 cm³/mol. The lowest BCUT2D eigenvalue weighted by atomic mass is 10.2. The Bertz CT molecular complexity index is 732. The molecule has 0 aliphatic carbocycles. The van der Waals surface area contributed by atoms with Crippen LogP contribution in [0.15, 0.2) is 29.2 Å². The summed E-state index contributed by atoms with van der Waals surface area (Å²) in [6.07, 6.45) is 0. The Kier molecular flexibility index (Phi) is 3.47. The quantitative estimate of drug-likeness (QED) is 0.929. The molecule has 108 valence electrons. The van der Waals surface area contributed by atoms with Crippen LogP contribution in [-0.2, 0) is 17.1 Å². The number of nitrogens with zero attached hydrogens (tertiary/aromatic N) is 3. The summed E-state index contributed by atoms with van der Waals surface area (Å²) in [5, 5.41) is 3.96. The minimum Gasteiger partial charge on any atom is -0.381 e. The molecule has 7 heteroatoms. The second-order valence-electron chi connectivity index (χ2n) is 4.73. The van der Waals surface area contributed by atoms with E-state index in [9.17, 15) is 8.42 Å². The van der Waals surface area contributed by atoms with E-state index in [0.717, 1.165) is 5.56 Å². The molecule has 0 spiro atoms. The minimum absolute atomic E-state index is 0.0176. The van der Waals surface area contributed by atoms with Gasteiger partial charge in [0.1, 0.15) is 0 Å². The summed E-state index contributed by atoms with van der Waals surface area (Å²) in [5.74, 6) is 0.0176. The number of rotatable bonds is 3. The fourth-order valence-corrected chi connectivity index (χ4v) is 3.45. The maximum Gasteiger partial charge on any atom is 0.269 e. The molecule has 0 aliphatic heterocycles. The fraction of sp³-hybridized carbons (Fsp3) is 0.308. The zero-order chi connectivity index (χ0) is 15.1. The van der Waals surface area contributed by atoms with Gasteiger partial charge in [-0.25, -0.2) is 8.42 Å². The van der Waals surface area contributed by atoms with Crippen LogP contribution < -0.4 is 10.0 Å². The summed E-state index contributed by atoms with van der Waals surface area (Å²) in [7, 11) is -0.551. The lowest BCUT2D eigenvalue weighted by Gasteiger charge is -2.19. The molecule has 0 atom stereocenters. The molecule has 0 saturated carbocycles. The molecule has 1 aromatic carbocycles. The van der Waals surface area contributed by atoms with Crippen molar-refractivity contribution in [2.24, 2.45) is 7.05 Å². The second kappa shape index (κ2) is 4.82. The maximum atomic E-state index is 12.7. The second-order valence-corrected chi connectivity index (χ2v) is 6.64. The maximum absolute atomic E-state index is 12.7. The summed E-state index contributed by atoms with van der Waals surface area (Å²) >= 11 is 0. The minimum atomic E-state index is -3.72.